The number of aliphatic carboxylic acids is 1. The summed E-state index contributed by atoms with van der Waals surface area (Å²) in [7, 11) is 0. The zero-order chi connectivity index (χ0) is 8.97. The molecule has 0 radical (unpaired) electrons. The fourth-order valence-electron chi connectivity index (χ4n) is 0.983. The van der Waals surface area contributed by atoms with Crippen molar-refractivity contribution in [2.45, 2.75) is 26.4 Å². The normalized spacial score (nSPS) is 10.1. The van der Waals surface area contributed by atoms with Crippen molar-refractivity contribution >= 4 is 5.97 Å². The summed E-state index contributed by atoms with van der Waals surface area (Å²) < 4.78 is 3.87. The van der Waals surface area contributed by atoms with Gasteiger partial charge in [0.05, 0.1) is 13.0 Å². The molecule has 0 aliphatic carbocycles. The summed E-state index contributed by atoms with van der Waals surface area (Å²) in [5.74, 6) is -0.758. The Morgan fingerprint density at radius 2 is 2.42 bits per heavy atom. The fraction of sp³-hybridized carbons (Fsp3) is 0.500. The molecule has 0 aliphatic heterocycles. The Balaban J connectivity index is 2.47. The molecule has 0 atom stereocenters. The van der Waals surface area contributed by atoms with E-state index in [2.05, 4.69) is 0 Å². The third kappa shape index (κ3) is 2.38. The van der Waals surface area contributed by atoms with Gasteiger partial charge in [-0.1, -0.05) is 0 Å². The van der Waals surface area contributed by atoms with E-state index in [4.69, 9.17) is 5.11 Å². The van der Waals surface area contributed by atoms with Gasteiger partial charge in [-0.25, -0.2) is 9.13 Å². The molecule has 0 aliphatic rings. The number of nitrogens with zero attached hydrogens (tertiary/aromatic N) is 2. The van der Waals surface area contributed by atoms with Gasteiger partial charge in [0, 0.05) is 0 Å². The van der Waals surface area contributed by atoms with Crippen LogP contribution in [-0.4, -0.2) is 15.6 Å². The number of carboxylic acids is 1. The quantitative estimate of drug-likeness (QED) is 0.657. The van der Waals surface area contributed by atoms with E-state index in [1.807, 2.05) is 34.8 Å². The van der Waals surface area contributed by atoms with Crippen LogP contribution >= 0.6 is 0 Å². The van der Waals surface area contributed by atoms with Crippen molar-refractivity contribution in [2.24, 2.45) is 0 Å². The van der Waals surface area contributed by atoms with Crippen LogP contribution in [0, 0.1) is 0 Å². The predicted octanol–water partition coefficient (Wildman–Crippen LogP) is 0.270. The second kappa shape index (κ2) is 3.90. The lowest BCUT2D eigenvalue weighted by Crippen LogP contribution is -2.32. The van der Waals surface area contributed by atoms with Gasteiger partial charge in [-0.3, -0.25) is 4.79 Å². The van der Waals surface area contributed by atoms with Crippen molar-refractivity contribution in [3.05, 3.63) is 18.7 Å². The highest BCUT2D eigenvalue weighted by atomic mass is 16.4. The minimum Gasteiger partial charge on any atom is -0.481 e. The summed E-state index contributed by atoms with van der Waals surface area (Å²) in [6.07, 6.45) is 5.90. The van der Waals surface area contributed by atoms with Crippen LogP contribution in [0.3, 0.4) is 0 Å². The Kier molecular flexibility index (Phi) is 2.85. The zero-order valence-electron chi connectivity index (χ0n) is 7.10. The topological polar surface area (TPSA) is 46.1 Å². The van der Waals surface area contributed by atoms with Crippen LogP contribution < -0.4 is 4.57 Å². The lowest BCUT2D eigenvalue weighted by atomic mass is 10.4. The van der Waals surface area contributed by atoms with E-state index in [1.165, 1.54) is 0 Å². The lowest BCUT2D eigenvalue weighted by Gasteiger charge is -1.90. The lowest BCUT2D eigenvalue weighted by molar-refractivity contribution is -0.695. The SMILES string of the molecule is CCn1cc[n+](CCC(=O)O)c1. The molecule has 12 heavy (non-hydrogen) atoms. The second-order valence-electron chi connectivity index (χ2n) is 2.63. The summed E-state index contributed by atoms with van der Waals surface area (Å²) in [5, 5.41) is 8.42. The van der Waals surface area contributed by atoms with Gasteiger partial charge in [0.25, 0.3) is 0 Å². The average Bonchev–Trinajstić information content (AvgIpc) is 2.48. The molecule has 0 bridgehead atoms. The third-order valence-electron chi connectivity index (χ3n) is 1.70. The highest BCUT2D eigenvalue weighted by Crippen LogP contribution is 1.85. The fourth-order valence-corrected chi connectivity index (χ4v) is 0.983. The largest absolute Gasteiger partial charge is 0.481 e. The first-order valence-corrected chi connectivity index (χ1v) is 3.99. The van der Waals surface area contributed by atoms with Gasteiger partial charge in [-0.05, 0) is 6.92 Å². The minimum atomic E-state index is -0.758. The van der Waals surface area contributed by atoms with Crippen molar-refractivity contribution in [3.8, 4) is 0 Å². The predicted molar refractivity (Wildman–Crippen MR) is 42.6 cm³/mol. The maximum Gasteiger partial charge on any atom is 0.307 e. The van der Waals surface area contributed by atoms with E-state index in [9.17, 15) is 4.79 Å². The molecule has 0 fully saturated rings. The molecule has 1 N–H and O–H groups in total. The number of hydrogen-bond donors (Lipinski definition) is 1. The maximum atomic E-state index is 10.2. The van der Waals surface area contributed by atoms with Gasteiger partial charge in [0.15, 0.2) is 0 Å². The Morgan fingerprint density at radius 3 is 2.92 bits per heavy atom. The second-order valence-corrected chi connectivity index (χ2v) is 2.63. The first kappa shape index (κ1) is 8.77. The van der Waals surface area contributed by atoms with Crippen LogP contribution in [0.15, 0.2) is 18.7 Å². The smallest absolute Gasteiger partial charge is 0.307 e. The molecule has 0 saturated heterocycles. The van der Waals surface area contributed by atoms with E-state index in [0.29, 0.717) is 6.54 Å². The molecule has 1 aromatic heterocycles. The molecular weight excluding hydrogens is 156 g/mol. The summed E-state index contributed by atoms with van der Waals surface area (Å²) in [6.45, 7) is 3.50. The van der Waals surface area contributed by atoms with Gasteiger partial charge in [-0.15, -0.1) is 0 Å². The Hall–Kier alpha value is -1.32. The standard InChI is InChI=1S/C8H12N2O2/c1-2-9-5-6-10(7-9)4-3-8(11)12/h5-7H,2-4H2,1H3/p+1. The molecule has 0 saturated carbocycles. The van der Waals surface area contributed by atoms with E-state index in [1.54, 1.807) is 0 Å². The van der Waals surface area contributed by atoms with Gasteiger partial charge >= 0.3 is 5.97 Å². The molecule has 1 rings (SSSR count). The molecule has 0 amide bonds. The van der Waals surface area contributed by atoms with Gasteiger partial charge in [-0.2, -0.15) is 0 Å². The van der Waals surface area contributed by atoms with Crippen molar-refractivity contribution < 1.29 is 14.5 Å². The van der Waals surface area contributed by atoms with Crippen LogP contribution in [-0.2, 0) is 17.9 Å². The van der Waals surface area contributed by atoms with E-state index < -0.39 is 5.97 Å². The van der Waals surface area contributed by atoms with Gasteiger partial charge in [0.1, 0.15) is 18.9 Å². The number of aromatic nitrogens is 2. The summed E-state index contributed by atoms with van der Waals surface area (Å²) >= 11 is 0. The van der Waals surface area contributed by atoms with Crippen LogP contribution in [0.25, 0.3) is 0 Å². The van der Waals surface area contributed by atoms with Crippen molar-refractivity contribution in [2.75, 3.05) is 0 Å². The van der Waals surface area contributed by atoms with Gasteiger partial charge < -0.3 is 5.11 Å². The molecule has 0 unspecified atom stereocenters. The highest BCUT2D eigenvalue weighted by molar-refractivity contribution is 5.66. The summed E-state index contributed by atoms with van der Waals surface area (Å²) in [4.78, 5) is 10.2. The molecule has 0 spiro atoms. The monoisotopic (exact) mass is 169 g/mol. The summed E-state index contributed by atoms with van der Waals surface area (Å²) in [6, 6.07) is 0. The number of hydrogen-bond acceptors (Lipinski definition) is 1. The van der Waals surface area contributed by atoms with Crippen molar-refractivity contribution in [3.63, 3.8) is 0 Å². The first-order valence-electron chi connectivity index (χ1n) is 3.99. The van der Waals surface area contributed by atoms with E-state index in [0.717, 1.165) is 6.54 Å². The number of rotatable bonds is 4. The molecular formula is C8H13N2O2+. The van der Waals surface area contributed by atoms with Crippen molar-refractivity contribution in [1.82, 2.24) is 4.57 Å². The van der Waals surface area contributed by atoms with Crippen LogP contribution in [0.4, 0.5) is 0 Å². The molecule has 0 aromatic carbocycles. The third-order valence-corrected chi connectivity index (χ3v) is 1.70. The molecule has 1 heterocycles. The number of carbonyl (C=O) groups is 1. The Bertz CT molecular complexity index is 268. The summed E-state index contributed by atoms with van der Waals surface area (Å²) in [5.41, 5.74) is 0. The van der Waals surface area contributed by atoms with Crippen molar-refractivity contribution in [1.29, 1.82) is 0 Å². The number of imidazole rings is 1. The Morgan fingerprint density at radius 1 is 1.67 bits per heavy atom. The van der Waals surface area contributed by atoms with Crippen LogP contribution in [0.2, 0.25) is 0 Å². The van der Waals surface area contributed by atoms with Crippen LogP contribution in [0.5, 0.6) is 0 Å². The van der Waals surface area contributed by atoms with Gasteiger partial charge in [0.2, 0.25) is 6.33 Å². The highest BCUT2D eigenvalue weighted by Gasteiger charge is 2.03. The average molecular weight is 169 g/mol. The maximum absolute atomic E-state index is 10.2. The first-order chi connectivity index (χ1) is 5.72. The van der Waals surface area contributed by atoms with E-state index in [-0.39, 0.29) is 6.42 Å². The molecule has 66 valence electrons. The molecule has 4 heteroatoms. The zero-order valence-corrected chi connectivity index (χ0v) is 7.10. The number of aryl methyl sites for hydroxylation is 2. The molecule has 4 nitrogen and oxygen atoms in total. The number of carboxylic acid groups (broad SMARTS) is 1. The Labute approximate surface area is 71.1 Å². The van der Waals surface area contributed by atoms with E-state index >= 15 is 0 Å². The van der Waals surface area contributed by atoms with Crippen LogP contribution in [0.1, 0.15) is 13.3 Å². The molecule has 1 aromatic rings. The minimum absolute atomic E-state index is 0.179.